The number of nitrogens with zero attached hydrogens (tertiary/aromatic N) is 3. The third-order valence-electron chi connectivity index (χ3n) is 1.91. The fourth-order valence-corrected chi connectivity index (χ4v) is 1.19. The highest BCUT2D eigenvalue weighted by Crippen LogP contribution is 1.91. The molecule has 80 valence electrons. The molecule has 0 fully saturated rings. The average Bonchev–Trinajstić information content (AvgIpc) is 2.58. The van der Waals surface area contributed by atoms with Crippen molar-refractivity contribution in [3.63, 3.8) is 0 Å². The van der Waals surface area contributed by atoms with E-state index in [1.165, 1.54) is 0 Å². The first-order valence-electron chi connectivity index (χ1n) is 4.88. The minimum Gasteiger partial charge on any atom is -0.385 e. The van der Waals surface area contributed by atoms with Crippen molar-refractivity contribution < 1.29 is 4.74 Å². The van der Waals surface area contributed by atoms with E-state index in [-0.39, 0.29) is 0 Å². The quantitative estimate of drug-likeness (QED) is 0.642. The number of aromatic nitrogens is 3. The van der Waals surface area contributed by atoms with E-state index in [2.05, 4.69) is 15.6 Å². The second-order valence-corrected chi connectivity index (χ2v) is 3.26. The normalized spacial score (nSPS) is 10.7. The van der Waals surface area contributed by atoms with Gasteiger partial charge in [0.05, 0.1) is 5.69 Å². The molecule has 5 nitrogen and oxygen atoms in total. The van der Waals surface area contributed by atoms with Crippen molar-refractivity contribution in [2.45, 2.75) is 19.4 Å². The van der Waals surface area contributed by atoms with E-state index in [1.807, 2.05) is 13.2 Å². The zero-order valence-electron chi connectivity index (χ0n) is 8.86. The molecule has 0 atom stereocenters. The highest BCUT2D eigenvalue weighted by Gasteiger charge is 1.96. The molecule has 14 heavy (non-hydrogen) atoms. The molecule has 0 aromatic carbocycles. The molecule has 0 aliphatic rings. The van der Waals surface area contributed by atoms with Gasteiger partial charge in [-0.3, -0.25) is 4.68 Å². The molecule has 5 heteroatoms. The molecule has 1 rings (SSSR count). The van der Waals surface area contributed by atoms with E-state index < -0.39 is 0 Å². The first kappa shape index (κ1) is 11.1. The molecule has 0 saturated carbocycles. The van der Waals surface area contributed by atoms with Gasteiger partial charge in [-0.15, -0.1) is 5.10 Å². The van der Waals surface area contributed by atoms with Gasteiger partial charge in [0.2, 0.25) is 0 Å². The van der Waals surface area contributed by atoms with Crippen LogP contribution in [-0.2, 0) is 18.3 Å². The van der Waals surface area contributed by atoms with Gasteiger partial charge in [-0.1, -0.05) is 5.21 Å². The monoisotopic (exact) mass is 198 g/mol. The minimum absolute atomic E-state index is 0.792. The van der Waals surface area contributed by atoms with Crippen LogP contribution < -0.4 is 5.32 Å². The third-order valence-corrected chi connectivity index (χ3v) is 1.91. The molecule has 1 heterocycles. The molecule has 0 spiro atoms. The number of nitrogens with one attached hydrogen (secondary N) is 1. The molecule has 0 aliphatic carbocycles. The summed E-state index contributed by atoms with van der Waals surface area (Å²) in [6.07, 6.45) is 4.15. The standard InChI is InChI=1S/C9H18N4O/c1-13-8-9(11-12-13)7-10-5-3-4-6-14-2/h8,10H,3-7H2,1-2H3. The fourth-order valence-electron chi connectivity index (χ4n) is 1.19. The van der Waals surface area contributed by atoms with Crippen LogP contribution in [0.5, 0.6) is 0 Å². The Bertz CT molecular complexity index is 249. The fraction of sp³-hybridized carbons (Fsp3) is 0.778. The van der Waals surface area contributed by atoms with E-state index >= 15 is 0 Å². The molecule has 0 saturated heterocycles. The number of unbranched alkanes of at least 4 members (excludes halogenated alkanes) is 1. The van der Waals surface area contributed by atoms with Crippen LogP contribution >= 0.6 is 0 Å². The Labute approximate surface area is 84.4 Å². The molecule has 1 aromatic heterocycles. The van der Waals surface area contributed by atoms with Crippen LogP contribution in [0.1, 0.15) is 18.5 Å². The summed E-state index contributed by atoms with van der Waals surface area (Å²) >= 11 is 0. The van der Waals surface area contributed by atoms with Crippen LogP contribution in [0.25, 0.3) is 0 Å². The van der Waals surface area contributed by atoms with E-state index in [1.54, 1.807) is 11.8 Å². The predicted molar refractivity (Wildman–Crippen MR) is 53.8 cm³/mol. The zero-order chi connectivity index (χ0) is 10.2. The van der Waals surface area contributed by atoms with Gasteiger partial charge in [0, 0.05) is 33.5 Å². The van der Waals surface area contributed by atoms with Crippen LogP contribution in [-0.4, -0.2) is 35.3 Å². The second-order valence-electron chi connectivity index (χ2n) is 3.26. The van der Waals surface area contributed by atoms with Gasteiger partial charge in [0.15, 0.2) is 0 Å². The van der Waals surface area contributed by atoms with Crippen LogP contribution in [0, 0.1) is 0 Å². The van der Waals surface area contributed by atoms with E-state index in [0.29, 0.717) is 0 Å². The summed E-state index contributed by atoms with van der Waals surface area (Å²) < 4.78 is 6.67. The minimum atomic E-state index is 0.792. The number of methoxy groups -OCH3 is 1. The van der Waals surface area contributed by atoms with Gasteiger partial charge in [-0.05, 0) is 19.4 Å². The smallest absolute Gasteiger partial charge is 0.0964 e. The first-order valence-corrected chi connectivity index (χ1v) is 4.88. The van der Waals surface area contributed by atoms with Crippen LogP contribution in [0.15, 0.2) is 6.20 Å². The summed E-state index contributed by atoms with van der Waals surface area (Å²) in [4.78, 5) is 0. The van der Waals surface area contributed by atoms with E-state index in [9.17, 15) is 0 Å². The molecule has 1 N–H and O–H groups in total. The lowest BCUT2D eigenvalue weighted by Crippen LogP contribution is -2.15. The average molecular weight is 198 g/mol. The zero-order valence-corrected chi connectivity index (χ0v) is 8.86. The summed E-state index contributed by atoms with van der Waals surface area (Å²) in [5, 5.41) is 11.1. The largest absolute Gasteiger partial charge is 0.385 e. The number of ether oxygens (including phenoxy) is 1. The van der Waals surface area contributed by atoms with Gasteiger partial charge in [-0.25, -0.2) is 0 Å². The molecule has 0 radical (unpaired) electrons. The van der Waals surface area contributed by atoms with Crippen molar-refractivity contribution in [2.24, 2.45) is 7.05 Å². The summed E-state index contributed by atoms with van der Waals surface area (Å²) in [5.41, 5.74) is 0.985. The Hall–Kier alpha value is -0.940. The third kappa shape index (κ3) is 4.34. The highest BCUT2D eigenvalue weighted by molar-refractivity contribution is 4.90. The van der Waals surface area contributed by atoms with Gasteiger partial charge < -0.3 is 10.1 Å². The summed E-state index contributed by atoms with van der Waals surface area (Å²) in [6, 6.07) is 0. The number of hydrogen-bond acceptors (Lipinski definition) is 4. The lowest BCUT2D eigenvalue weighted by molar-refractivity contribution is 0.192. The maximum atomic E-state index is 4.96. The topological polar surface area (TPSA) is 52.0 Å². The molecule has 1 aromatic rings. The van der Waals surface area contributed by atoms with Crippen molar-refractivity contribution in [3.05, 3.63) is 11.9 Å². The van der Waals surface area contributed by atoms with Gasteiger partial charge in [0.1, 0.15) is 0 Å². The highest BCUT2D eigenvalue weighted by atomic mass is 16.5. The van der Waals surface area contributed by atoms with Crippen molar-refractivity contribution in [3.8, 4) is 0 Å². The number of hydrogen-bond donors (Lipinski definition) is 1. The van der Waals surface area contributed by atoms with E-state index in [4.69, 9.17) is 4.74 Å². The van der Waals surface area contributed by atoms with Crippen molar-refractivity contribution in [2.75, 3.05) is 20.3 Å². The lowest BCUT2D eigenvalue weighted by atomic mass is 10.3. The number of aryl methyl sites for hydroxylation is 1. The van der Waals surface area contributed by atoms with Gasteiger partial charge >= 0.3 is 0 Å². The Balaban J connectivity index is 1.99. The summed E-state index contributed by atoms with van der Waals surface area (Å²) in [7, 11) is 3.60. The van der Waals surface area contributed by atoms with Gasteiger partial charge in [-0.2, -0.15) is 0 Å². The Morgan fingerprint density at radius 3 is 3.00 bits per heavy atom. The van der Waals surface area contributed by atoms with Gasteiger partial charge in [0.25, 0.3) is 0 Å². The lowest BCUT2D eigenvalue weighted by Gasteiger charge is -2.01. The summed E-state index contributed by atoms with van der Waals surface area (Å²) in [6.45, 7) is 2.63. The summed E-state index contributed by atoms with van der Waals surface area (Å²) in [5.74, 6) is 0. The molecule has 0 bridgehead atoms. The predicted octanol–water partition coefficient (Wildman–Crippen LogP) is 0.331. The Kier molecular flexibility index (Phi) is 5.17. The van der Waals surface area contributed by atoms with E-state index in [0.717, 1.165) is 38.2 Å². The van der Waals surface area contributed by atoms with Crippen LogP contribution in [0.3, 0.4) is 0 Å². The van der Waals surface area contributed by atoms with Crippen molar-refractivity contribution >= 4 is 0 Å². The molecule has 0 amide bonds. The maximum absolute atomic E-state index is 4.96. The maximum Gasteiger partial charge on any atom is 0.0964 e. The van der Waals surface area contributed by atoms with Crippen LogP contribution in [0.4, 0.5) is 0 Å². The number of rotatable bonds is 7. The molecule has 0 unspecified atom stereocenters. The molecular formula is C9H18N4O. The first-order chi connectivity index (χ1) is 6.83. The Morgan fingerprint density at radius 1 is 1.50 bits per heavy atom. The SMILES string of the molecule is COCCCCNCc1cn(C)nn1. The van der Waals surface area contributed by atoms with Crippen molar-refractivity contribution in [1.29, 1.82) is 0 Å². The Morgan fingerprint density at radius 2 is 2.36 bits per heavy atom. The van der Waals surface area contributed by atoms with Crippen molar-refractivity contribution in [1.82, 2.24) is 20.3 Å². The van der Waals surface area contributed by atoms with Crippen LogP contribution in [0.2, 0.25) is 0 Å². The second kappa shape index (κ2) is 6.50. The molecular weight excluding hydrogens is 180 g/mol. The molecule has 0 aliphatic heterocycles.